The number of benzene rings is 2. The zero-order valence-corrected chi connectivity index (χ0v) is 14.2. The molecule has 0 unspecified atom stereocenters. The number of carbonyl (C=O) groups excluding carboxylic acids is 1. The van der Waals surface area contributed by atoms with Gasteiger partial charge >= 0.3 is 0 Å². The van der Waals surface area contributed by atoms with E-state index in [1.807, 2.05) is 23.1 Å². The summed E-state index contributed by atoms with van der Waals surface area (Å²) >= 11 is 1.69. The summed E-state index contributed by atoms with van der Waals surface area (Å²) in [7, 11) is 0. The third kappa shape index (κ3) is 3.77. The predicted octanol–water partition coefficient (Wildman–Crippen LogP) is 3.00. The molecular formula is C19H22N2OS. The monoisotopic (exact) mass is 326 g/mol. The number of aryl methyl sites for hydroxylation is 1. The van der Waals surface area contributed by atoms with Gasteiger partial charge in [0.05, 0.1) is 5.25 Å². The lowest BCUT2D eigenvalue weighted by atomic mass is 10.1. The number of amides is 1. The highest BCUT2D eigenvalue weighted by Crippen LogP contribution is 2.38. The van der Waals surface area contributed by atoms with Gasteiger partial charge in [-0.2, -0.15) is 0 Å². The molecule has 0 aromatic heterocycles. The van der Waals surface area contributed by atoms with E-state index in [4.69, 9.17) is 5.73 Å². The molecule has 23 heavy (non-hydrogen) atoms. The average molecular weight is 326 g/mol. The Bertz CT molecular complexity index is 687. The maximum absolute atomic E-state index is 12.9. The van der Waals surface area contributed by atoms with Crippen LogP contribution in [0.5, 0.6) is 0 Å². The Labute approximate surface area is 141 Å². The first-order valence-corrected chi connectivity index (χ1v) is 8.84. The van der Waals surface area contributed by atoms with Gasteiger partial charge in [-0.1, -0.05) is 48.0 Å². The van der Waals surface area contributed by atoms with Gasteiger partial charge < -0.3 is 10.6 Å². The highest BCUT2D eigenvalue weighted by atomic mass is 32.2. The fourth-order valence-electron chi connectivity index (χ4n) is 2.90. The Hall–Kier alpha value is -1.78. The van der Waals surface area contributed by atoms with Crippen molar-refractivity contribution < 1.29 is 4.79 Å². The first kappa shape index (κ1) is 16.1. The first-order chi connectivity index (χ1) is 11.2. The SMILES string of the molecule is Cc1ccc2c(c1)S[C@H](C(=O)N(CCN)Cc1ccccc1)C2. The third-order valence-corrected chi connectivity index (χ3v) is 5.39. The number of rotatable bonds is 5. The molecule has 0 bridgehead atoms. The molecule has 0 aliphatic carbocycles. The second kappa shape index (κ2) is 7.20. The number of hydrogen-bond donors (Lipinski definition) is 1. The van der Waals surface area contributed by atoms with Gasteiger partial charge in [-0.15, -0.1) is 11.8 Å². The minimum atomic E-state index is -0.0259. The van der Waals surface area contributed by atoms with Gasteiger partial charge in [-0.25, -0.2) is 0 Å². The third-order valence-electron chi connectivity index (χ3n) is 4.10. The van der Waals surface area contributed by atoms with Gasteiger partial charge in [0.1, 0.15) is 0 Å². The lowest BCUT2D eigenvalue weighted by molar-refractivity contribution is -0.131. The van der Waals surface area contributed by atoms with Crippen molar-refractivity contribution in [3.8, 4) is 0 Å². The lowest BCUT2D eigenvalue weighted by Crippen LogP contribution is -2.40. The molecule has 0 spiro atoms. The molecule has 4 heteroatoms. The summed E-state index contributed by atoms with van der Waals surface area (Å²) in [5, 5.41) is -0.0259. The van der Waals surface area contributed by atoms with Crippen LogP contribution in [0.1, 0.15) is 16.7 Å². The van der Waals surface area contributed by atoms with Crippen LogP contribution in [0, 0.1) is 6.92 Å². The quantitative estimate of drug-likeness (QED) is 0.919. The molecule has 3 rings (SSSR count). The van der Waals surface area contributed by atoms with E-state index in [2.05, 4.69) is 37.3 Å². The molecule has 0 radical (unpaired) electrons. The first-order valence-electron chi connectivity index (χ1n) is 7.96. The molecule has 0 fully saturated rings. The Kier molecular flexibility index (Phi) is 5.03. The van der Waals surface area contributed by atoms with Crippen molar-refractivity contribution >= 4 is 17.7 Å². The van der Waals surface area contributed by atoms with Crippen LogP contribution in [0.2, 0.25) is 0 Å². The van der Waals surface area contributed by atoms with Crippen molar-refractivity contribution in [2.45, 2.75) is 30.0 Å². The van der Waals surface area contributed by atoms with Crippen LogP contribution in [0.4, 0.5) is 0 Å². The van der Waals surface area contributed by atoms with E-state index < -0.39 is 0 Å². The van der Waals surface area contributed by atoms with Crippen molar-refractivity contribution in [3.05, 3.63) is 65.2 Å². The minimum absolute atomic E-state index is 0.0259. The van der Waals surface area contributed by atoms with Crippen molar-refractivity contribution in [2.75, 3.05) is 13.1 Å². The van der Waals surface area contributed by atoms with Gasteiger partial charge in [-0.05, 0) is 30.5 Å². The minimum Gasteiger partial charge on any atom is -0.336 e. The standard InChI is InChI=1S/C19H22N2OS/c1-14-7-8-16-12-18(23-17(16)11-14)19(22)21(10-9-20)13-15-5-3-2-4-6-15/h2-8,11,18H,9-10,12-13,20H2,1H3/t18-/m0/s1. The maximum Gasteiger partial charge on any atom is 0.236 e. The Morgan fingerprint density at radius 1 is 1.26 bits per heavy atom. The molecule has 2 N–H and O–H groups in total. The van der Waals surface area contributed by atoms with Crippen LogP contribution in [0.25, 0.3) is 0 Å². The predicted molar refractivity (Wildman–Crippen MR) is 95.4 cm³/mol. The van der Waals surface area contributed by atoms with Crippen molar-refractivity contribution in [1.82, 2.24) is 4.90 Å². The van der Waals surface area contributed by atoms with Gasteiger partial charge in [0, 0.05) is 24.5 Å². The molecular weight excluding hydrogens is 304 g/mol. The molecule has 2 aromatic carbocycles. The molecule has 0 saturated carbocycles. The summed E-state index contributed by atoms with van der Waals surface area (Å²) in [5.74, 6) is 0.193. The molecule has 1 aliphatic rings. The molecule has 2 aromatic rings. The van der Waals surface area contributed by atoms with Crippen LogP contribution >= 0.6 is 11.8 Å². The number of thioether (sulfide) groups is 1. The topological polar surface area (TPSA) is 46.3 Å². The number of fused-ring (bicyclic) bond motifs is 1. The van der Waals surface area contributed by atoms with Gasteiger partial charge in [0.25, 0.3) is 0 Å². The zero-order valence-electron chi connectivity index (χ0n) is 13.4. The summed E-state index contributed by atoms with van der Waals surface area (Å²) in [5.41, 5.74) is 9.39. The van der Waals surface area contributed by atoms with Crippen LogP contribution in [0.3, 0.4) is 0 Å². The van der Waals surface area contributed by atoms with Crippen LogP contribution < -0.4 is 5.73 Å². The van der Waals surface area contributed by atoms with Crippen LogP contribution in [0.15, 0.2) is 53.4 Å². The zero-order chi connectivity index (χ0) is 16.2. The largest absolute Gasteiger partial charge is 0.336 e. The van der Waals surface area contributed by atoms with Gasteiger partial charge in [0.2, 0.25) is 5.91 Å². The molecule has 120 valence electrons. The number of carbonyl (C=O) groups is 1. The summed E-state index contributed by atoms with van der Waals surface area (Å²) in [6.07, 6.45) is 0.814. The average Bonchev–Trinajstić information content (AvgIpc) is 2.98. The highest BCUT2D eigenvalue weighted by Gasteiger charge is 2.31. The fourth-order valence-corrected chi connectivity index (χ4v) is 4.28. The molecule has 3 nitrogen and oxygen atoms in total. The molecule has 1 aliphatic heterocycles. The molecule has 1 amide bonds. The van der Waals surface area contributed by atoms with Crippen molar-refractivity contribution in [3.63, 3.8) is 0 Å². The summed E-state index contributed by atoms with van der Waals surface area (Å²) in [6.45, 7) is 3.80. The van der Waals surface area contributed by atoms with Crippen LogP contribution in [-0.2, 0) is 17.8 Å². The summed E-state index contributed by atoms with van der Waals surface area (Å²) < 4.78 is 0. The fraction of sp³-hybridized carbons (Fsp3) is 0.316. The number of hydrogen-bond acceptors (Lipinski definition) is 3. The van der Waals surface area contributed by atoms with E-state index in [1.54, 1.807) is 11.8 Å². The summed E-state index contributed by atoms with van der Waals surface area (Å²) in [6, 6.07) is 16.5. The molecule has 1 atom stereocenters. The normalized spacial score (nSPS) is 16.2. The highest BCUT2D eigenvalue weighted by molar-refractivity contribution is 8.01. The summed E-state index contributed by atoms with van der Waals surface area (Å²) in [4.78, 5) is 16.1. The van der Waals surface area contributed by atoms with E-state index >= 15 is 0 Å². The number of nitrogens with zero attached hydrogens (tertiary/aromatic N) is 1. The van der Waals surface area contributed by atoms with Crippen molar-refractivity contribution in [1.29, 1.82) is 0 Å². The van der Waals surface area contributed by atoms with E-state index in [9.17, 15) is 4.79 Å². The van der Waals surface area contributed by atoms with E-state index in [1.165, 1.54) is 16.0 Å². The van der Waals surface area contributed by atoms with Gasteiger partial charge in [0.15, 0.2) is 0 Å². The second-order valence-electron chi connectivity index (χ2n) is 5.96. The van der Waals surface area contributed by atoms with Crippen molar-refractivity contribution in [2.24, 2.45) is 5.73 Å². The Morgan fingerprint density at radius 3 is 2.78 bits per heavy atom. The second-order valence-corrected chi connectivity index (χ2v) is 7.20. The van der Waals surface area contributed by atoms with Gasteiger partial charge in [-0.3, -0.25) is 4.79 Å². The van der Waals surface area contributed by atoms with E-state index in [0.29, 0.717) is 19.6 Å². The smallest absolute Gasteiger partial charge is 0.236 e. The number of nitrogens with two attached hydrogens (primary N) is 1. The molecule has 0 saturated heterocycles. The maximum atomic E-state index is 12.9. The molecule has 1 heterocycles. The Balaban J connectivity index is 1.72. The van der Waals surface area contributed by atoms with Crippen LogP contribution in [-0.4, -0.2) is 29.1 Å². The lowest BCUT2D eigenvalue weighted by Gasteiger charge is -2.25. The van der Waals surface area contributed by atoms with E-state index in [-0.39, 0.29) is 11.2 Å². The van der Waals surface area contributed by atoms with E-state index in [0.717, 1.165) is 12.0 Å². The Morgan fingerprint density at radius 2 is 2.04 bits per heavy atom.